The van der Waals surface area contributed by atoms with Crippen molar-refractivity contribution in [3.05, 3.63) is 87.8 Å². The topological polar surface area (TPSA) is 100 Å². The van der Waals surface area contributed by atoms with Crippen molar-refractivity contribution in [2.75, 3.05) is 11.9 Å². The Morgan fingerprint density at radius 2 is 1.63 bits per heavy atom. The molecule has 0 saturated heterocycles. The molecule has 3 N–H and O–H groups in total. The molecule has 0 aliphatic heterocycles. The van der Waals surface area contributed by atoms with Crippen LogP contribution in [0.5, 0.6) is 0 Å². The van der Waals surface area contributed by atoms with E-state index >= 15 is 0 Å². The Kier molecular flexibility index (Phi) is 7.11. The van der Waals surface area contributed by atoms with Crippen LogP contribution in [0.3, 0.4) is 0 Å². The Morgan fingerprint density at radius 1 is 0.867 bits per heavy atom. The van der Waals surface area contributed by atoms with Gasteiger partial charge in [-0.2, -0.15) is 0 Å². The minimum Gasteiger partial charge on any atom is -0.459 e. The SMILES string of the molecule is O=C(CNC(=O)c1ccc(Cl)c(Cl)c1)NCc1ccc(NC(=O)c2ccco2)cc1. The molecule has 154 valence electrons. The van der Waals surface area contributed by atoms with E-state index < -0.39 is 5.91 Å². The maximum absolute atomic E-state index is 12.1. The largest absolute Gasteiger partial charge is 0.459 e. The van der Waals surface area contributed by atoms with E-state index in [1.54, 1.807) is 36.4 Å². The van der Waals surface area contributed by atoms with E-state index in [-0.39, 0.29) is 35.7 Å². The summed E-state index contributed by atoms with van der Waals surface area (Å²) < 4.78 is 5.03. The second-order valence-corrected chi connectivity index (χ2v) is 7.03. The number of carbonyl (C=O) groups excluding carboxylic acids is 3. The van der Waals surface area contributed by atoms with Crippen LogP contribution in [0.4, 0.5) is 5.69 Å². The number of hydrogen-bond donors (Lipinski definition) is 3. The van der Waals surface area contributed by atoms with Crippen LogP contribution >= 0.6 is 23.2 Å². The molecule has 0 spiro atoms. The van der Waals surface area contributed by atoms with Gasteiger partial charge in [0.05, 0.1) is 22.9 Å². The number of furan rings is 1. The van der Waals surface area contributed by atoms with Gasteiger partial charge in [0.1, 0.15) is 0 Å². The molecule has 0 bridgehead atoms. The van der Waals surface area contributed by atoms with Gasteiger partial charge in [0.25, 0.3) is 11.8 Å². The zero-order valence-electron chi connectivity index (χ0n) is 15.6. The number of nitrogens with one attached hydrogen (secondary N) is 3. The molecule has 3 amide bonds. The third kappa shape index (κ3) is 5.85. The van der Waals surface area contributed by atoms with Gasteiger partial charge in [-0.25, -0.2) is 0 Å². The molecule has 1 aromatic heterocycles. The van der Waals surface area contributed by atoms with Crippen molar-refractivity contribution in [2.24, 2.45) is 0 Å². The highest BCUT2D eigenvalue weighted by atomic mass is 35.5. The van der Waals surface area contributed by atoms with Crippen LogP contribution in [0.15, 0.2) is 65.3 Å². The summed E-state index contributed by atoms with van der Waals surface area (Å²) in [6, 6.07) is 14.6. The molecular formula is C21H17Cl2N3O4. The highest BCUT2D eigenvalue weighted by molar-refractivity contribution is 6.42. The number of hydrogen-bond acceptors (Lipinski definition) is 4. The fourth-order valence-electron chi connectivity index (χ4n) is 2.47. The first kappa shape index (κ1) is 21.4. The van der Waals surface area contributed by atoms with E-state index in [0.717, 1.165) is 5.56 Å². The highest BCUT2D eigenvalue weighted by Crippen LogP contribution is 2.22. The summed E-state index contributed by atoms with van der Waals surface area (Å²) in [4.78, 5) is 36.0. The van der Waals surface area contributed by atoms with E-state index in [2.05, 4.69) is 16.0 Å². The molecule has 2 aromatic carbocycles. The summed E-state index contributed by atoms with van der Waals surface area (Å²) in [6.45, 7) is 0.0876. The van der Waals surface area contributed by atoms with Gasteiger partial charge in [-0.3, -0.25) is 14.4 Å². The molecule has 0 atom stereocenters. The molecular weight excluding hydrogens is 429 g/mol. The molecule has 0 fully saturated rings. The lowest BCUT2D eigenvalue weighted by atomic mass is 10.2. The highest BCUT2D eigenvalue weighted by Gasteiger charge is 2.11. The zero-order valence-corrected chi connectivity index (χ0v) is 17.1. The molecule has 0 unspecified atom stereocenters. The van der Waals surface area contributed by atoms with Crippen molar-refractivity contribution in [1.29, 1.82) is 0 Å². The van der Waals surface area contributed by atoms with Gasteiger partial charge >= 0.3 is 0 Å². The maximum Gasteiger partial charge on any atom is 0.291 e. The normalized spacial score (nSPS) is 10.3. The summed E-state index contributed by atoms with van der Waals surface area (Å²) in [7, 11) is 0. The number of halogens is 2. The Morgan fingerprint density at radius 3 is 2.30 bits per heavy atom. The predicted molar refractivity (Wildman–Crippen MR) is 114 cm³/mol. The number of rotatable bonds is 7. The third-order valence-electron chi connectivity index (χ3n) is 4.04. The van der Waals surface area contributed by atoms with Crippen molar-refractivity contribution in [1.82, 2.24) is 10.6 Å². The Labute approximate surface area is 182 Å². The molecule has 1 heterocycles. The number of benzene rings is 2. The second kappa shape index (κ2) is 9.96. The molecule has 0 aliphatic rings. The second-order valence-electron chi connectivity index (χ2n) is 6.22. The van der Waals surface area contributed by atoms with Gasteiger partial charge in [0.2, 0.25) is 5.91 Å². The molecule has 30 heavy (non-hydrogen) atoms. The fraction of sp³-hybridized carbons (Fsp3) is 0.0952. The molecule has 0 aliphatic carbocycles. The minimum atomic E-state index is -0.430. The number of carbonyl (C=O) groups is 3. The van der Waals surface area contributed by atoms with Crippen molar-refractivity contribution in [2.45, 2.75) is 6.54 Å². The van der Waals surface area contributed by atoms with E-state index in [0.29, 0.717) is 16.3 Å². The minimum absolute atomic E-state index is 0.184. The van der Waals surface area contributed by atoms with Crippen LogP contribution in [0, 0.1) is 0 Å². The van der Waals surface area contributed by atoms with Crippen LogP contribution in [0.25, 0.3) is 0 Å². The number of amides is 3. The van der Waals surface area contributed by atoms with Gasteiger partial charge in [0.15, 0.2) is 5.76 Å². The lowest BCUT2D eigenvalue weighted by molar-refractivity contribution is -0.120. The van der Waals surface area contributed by atoms with Crippen LogP contribution < -0.4 is 16.0 Å². The first-order valence-electron chi connectivity index (χ1n) is 8.86. The predicted octanol–water partition coefficient (Wildman–Crippen LogP) is 3.88. The fourth-order valence-corrected chi connectivity index (χ4v) is 2.77. The molecule has 7 nitrogen and oxygen atoms in total. The van der Waals surface area contributed by atoms with Crippen LogP contribution in [-0.4, -0.2) is 24.3 Å². The molecule has 0 saturated carbocycles. The van der Waals surface area contributed by atoms with E-state index in [4.69, 9.17) is 27.6 Å². The van der Waals surface area contributed by atoms with E-state index in [1.165, 1.54) is 24.5 Å². The summed E-state index contributed by atoms with van der Waals surface area (Å²) in [5, 5.41) is 8.54. The number of anilines is 1. The Bertz CT molecular complexity index is 1050. The van der Waals surface area contributed by atoms with Gasteiger partial charge in [-0.15, -0.1) is 0 Å². The Hall–Kier alpha value is -3.29. The van der Waals surface area contributed by atoms with Crippen molar-refractivity contribution >= 4 is 46.6 Å². The van der Waals surface area contributed by atoms with Crippen molar-refractivity contribution < 1.29 is 18.8 Å². The molecule has 9 heteroatoms. The lowest BCUT2D eigenvalue weighted by Gasteiger charge is -2.09. The average molecular weight is 446 g/mol. The summed E-state index contributed by atoms with van der Waals surface area (Å²) in [5.74, 6) is -0.910. The first-order chi connectivity index (χ1) is 14.4. The maximum atomic E-state index is 12.1. The average Bonchev–Trinajstić information content (AvgIpc) is 3.28. The summed E-state index contributed by atoms with van der Waals surface area (Å²) in [5.41, 5.74) is 1.74. The molecule has 3 rings (SSSR count). The standard InChI is InChI=1S/C21H17Cl2N3O4/c22-16-8-5-14(10-17(16)23)20(28)25-12-19(27)24-11-13-3-6-15(7-4-13)26-21(29)18-2-1-9-30-18/h1-10H,11-12H2,(H,24,27)(H,25,28)(H,26,29). The summed E-state index contributed by atoms with van der Waals surface area (Å²) >= 11 is 11.7. The zero-order chi connectivity index (χ0) is 21.5. The van der Waals surface area contributed by atoms with E-state index in [9.17, 15) is 14.4 Å². The van der Waals surface area contributed by atoms with Gasteiger partial charge in [0, 0.05) is 17.8 Å². The van der Waals surface area contributed by atoms with E-state index in [1.807, 2.05) is 0 Å². The van der Waals surface area contributed by atoms with Crippen LogP contribution in [0.1, 0.15) is 26.5 Å². The van der Waals surface area contributed by atoms with Gasteiger partial charge < -0.3 is 20.4 Å². The first-order valence-corrected chi connectivity index (χ1v) is 9.62. The van der Waals surface area contributed by atoms with Gasteiger partial charge in [-0.1, -0.05) is 35.3 Å². The monoisotopic (exact) mass is 445 g/mol. The third-order valence-corrected chi connectivity index (χ3v) is 4.78. The van der Waals surface area contributed by atoms with Crippen molar-refractivity contribution in [3.8, 4) is 0 Å². The van der Waals surface area contributed by atoms with Gasteiger partial charge in [-0.05, 0) is 48.0 Å². The van der Waals surface area contributed by atoms with Crippen molar-refractivity contribution in [3.63, 3.8) is 0 Å². The molecule has 0 radical (unpaired) electrons. The Balaban J connectivity index is 1.43. The molecule has 3 aromatic rings. The smallest absolute Gasteiger partial charge is 0.291 e. The van der Waals surface area contributed by atoms with Crippen LogP contribution in [-0.2, 0) is 11.3 Å². The van der Waals surface area contributed by atoms with Crippen LogP contribution in [0.2, 0.25) is 10.0 Å². The quantitative estimate of drug-likeness (QED) is 0.513. The summed E-state index contributed by atoms with van der Waals surface area (Å²) in [6.07, 6.45) is 1.42. The lowest BCUT2D eigenvalue weighted by Crippen LogP contribution is -2.36.